The Kier molecular flexibility index (Phi) is 4.23. The molecule has 3 nitrogen and oxygen atoms in total. The fourth-order valence-electron chi connectivity index (χ4n) is 3.17. The molecule has 1 aromatic rings. The molecule has 1 atom stereocenters. The van der Waals surface area contributed by atoms with Crippen molar-refractivity contribution in [3.05, 3.63) is 24.0 Å². The normalized spacial score (nSPS) is 19.7. The van der Waals surface area contributed by atoms with Crippen molar-refractivity contribution in [1.82, 2.24) is 4.98 Å². The summed E-state index contributed by atoms with van der Waals surface area (Å²) < 4.78 is 5.51. The molecule has 0 saturated heterocycles. The van der Waals surface area contributed by atoms with E-state index < -0.39 is 0 Å². The van der Waals surface area contributed by atoms with Crippen molar-refractivity contribution in [3.63, 3.8) is 0 Å². The van der Waals surface area contributed by atoms with Crippen LogP contribution in [-0.2, 0) is 0 Å². The van der Waals surface area contributed by atoms with Gasteiger partial charge in [-0.1, -0.05) is 19.8 Å². The Labute approximate surface area is 110 Å². The van der Waals surface area contributed by atoms with Crippen LogP contribution >= 0.6 is 0 Å². The second-order valence-electron chi connectivity index (χ2n) is 5.29. The molecule has 1 aliphatic carbocycles. The summed E-state index contributed by atoms with van der Waals surface area (Å²) in [5.41, 5.74) is 7.90. The molecule has 1 heterocycles. The average Bonchev–Trinajstić information content (AvgIpc) is 2.88. The fourth-order valence-corrected chi connectivity index (χ4v) is 3.17. The average molecular weight is 248 g/mol. The number of pyridine rings is 1. The van der Waals surface area contributed by atoms with Crippen LogP contribution in [0.5, 0.6) is 5.75 Å². The van der Waals surface area contributed by atoms with E-state index in [9.17, 15) is 0 Å². The fraction of sp³-hybridized carbons (Fsp3) is 0.667. The minimum Gasteiger partial charge on any atom is -0.492 e. The second-order valence-corrected chi connectivity index (χ2v) is 5.29. The van der Waals surface area contributed by atoms with Crippen LogP contribution in [0.1, 0.15) is 57.6 Å². The van der Waals surface area contributed by atoms with E-state index in [-0.39, 0.29) is 11.5 Å². The van der Waals surface area contributed by atoms with Gasteiger partial charge in [-0.25, -0.2) is 0 Å². The standard InChI is InChI=1S/C15H24N2O/c1-3-15(7-5-6-8-15)14(16)12-9-13(18-4-2)11-17-10-12/h9-11,14H,3-8,16H2,1-2H3. The zero-order valence-corrected chi connectivity index (χ0v) is 11.5. The Morgan fingerprint density at radius 2 is 2.06 bits per heavy atom. The first kappa shape index (κ1) is 13.3. The molecule has 1 fully saturated rings. The highest BCUT2D eigenvalue weighted by atomic mass is 16.5. The summed E-state index contributed by atoms with van der Waals surface area (Å²) in [6.45, 7) is 4.90. The smallest absolute Gasteiger partial charge is 0.137 e. The van der Waals surface area contributed by atoms with Crippen LogP contribution in [0.4, 0.5) is 0 Å². The number of hydrogen-bond acceptors (Lipinski definition) is 3. The summed E-state index contributed by atoms with van der Waals surface area (Å²) in [4.78, 5) is 4.26. The molecule has 3 heteroatoms. The molecule has 1 saturated carbocycles. The van der Waals surface area contributed by atoms with E-state index in [0.29, 0.717) is 6.61 Å². The molecule has 100 valence electrons. The van der Waals surface area contributed by atoms with Gasteiger partial charge in [-0.2, -0.15) is 0 Å². The zero-order valence-electron chi connectivity index (χ0n) is 11.5. The zero-order chi connectivity index (χ0) is 13.0. The van der Waals surface area contributed by atoms with Crippen molar-refractivity contribution in [3.8, 4) is 5.75 Å². The highest BCUT2D eigenvalue weighted by molar-refractivity contribution is 5.27. The predicted octanol–water partition coefficient (Wildman–Crippen LogP) is 3.45. The lowest BCUT2D eigenvalue weighted by Gasteiger charge is -2.34. The maximum Gasteiger partial charge on any atom is 0.137 e. The Morgan fingerprint density at radius 3 is 2.67 bits per heavy atom. The molecule has 0 aromatic carbocycles. The topological polar surface area (TPSA) is 48.1 Å². The molecule has 2 N–H and O–H groups in total. The number of nitrogens with two attached hydrogens (primary N) is 1. The van der Waals surface area contributed by atoms with Crippen molar-refractivity contribution >= 4 is 0 Å². The summed E-state index contributed by atoms with van der Waals surface area (Å²) in [6.07, 6.45) is 9.89. The predicted molar refractivity (Wildman–Crippen MR) is 73.5 cm³/mol. The van der Waals surface area contributed by atoms with E-state index in [1.807, 2.05) is 13.1 Å². The van der Waals surface area contributed by atoms with Gasteiger partial charge in [0.15, 0.2) is 0 Å². The van der Waals surface area contributed by atoms with E-state index in [1.165, 1.54) is 25.7 Å². The molecule has 2 rings (SSSR count). The van der Waals surface area contributed by atoms with Crippen LogP contribution in [0.2, 0.25) is 0 Å². The molecule has 0 bridgehead atoms. The maximum absolute atomic E-state index is 6.52. The van der Waals surface area contributed by atoms with Crippen molar-refractivity contribution in [2.24, 2.45) is 11.1 Å². The largest absolute Gasteiger partial charge is 0.492 e. The summed E-state index contributed by atoms with van der Waals surface area (Å²) >= 11 is 0. The van der Waals surface area contributed by atoms with Crippen molar-refractivity contribution in [1.29, 1.82) is 0 Å². The van der Waals surface area contributed by atoms with E-state index >= 15 is 0 Å². The quantitative estimate of drug-likeness (QED) is 0.868. The van der Waals surface area contributed by atoms with Crippen LogP contribution in [0.3, 0.4) is 0 Å². The lowest BCUT2D eigenvalue weighted by atomic mass is 9.74. The third-order valence-electron chi connectivity index (χ3n) is 4.37. The van der Waals surface area contributed by atoms with Crippen molar-refractivity contribution in [2.75, 3.05) is 6.61 Å². The van der Waals surface area contributed by atoms with Crippen LogP contribution in [0, 0.1) is 5.41 Å². The molecule has 1 unspecified atom stereocenters. The first-order valence-corrected chi connectivity index (χ1v) is 7.05. The van der Waals surface area contributed by atoms with Gasteiger partial charge in [-0.15, -0.1) is 0 Å². The second kappa shape index (κ2) is 5.70. The van der Waals surface area contributed by atoms with Crippen LogP contribution < -0.4 is 10.5 Å². The Morgan fingerprint density at radius 1 is 1.33 bits per heavy atom. The van der Waals surface area contributed by atoms with Gasteiger partial charge >= 0.3 is 0 Å². The first-order valence-electron chi connectivity index (χ1n) is 7.05. The van der Waals surface area contributed by atoms with E-state index in [1.54, 1.807) is 6.20 Å². The van der Waals surface area contributed by atoms with Gasteiger partial charge < -0.3 is 10.5 Å². The number of nitrogens with zero attached hydrogens (tertiary/aromatic N) is 1. The highest BCUT2D eigenvalue weighted by Crippen LogP contribution is 2.48. The van der Waals surface area contributed by atoms with Crippen LogP contribution in [-0.4, -0.2) is 11.6 Å². The molecule has 1 aromatic heterocycles. The number of aromatic nitrogens is 1. The Bertz CT molecular complexity index is 386. The number of ether oxygens (including phenoxy) is 1. The lowest BCUT2D eigenvalue weighted by molar-refractivity contribution is 0.221. The monoisotopic (exact) mass is 248 g/mol. The summed E-state index contributed by atoms with van der Waals surface area (Å²) in [7, 11) is 0. The van der Waals surface area contributed by atoms with Gasteiger partial charge in [-0.05, 0) is 43.2 Å². The third kappa shape index (κ3) is 2.51. The Balaban J connectivity index is 2.21. The van der Waals surface area contributed by atoms with Gasteiger partial charge in [0.1, 0.15) is 5.75 Å². The molecule has 0 aliphatic heterocycles. The molecule has 18 heavy (non-hydrogen) atoms. The minimum atomic E-state index is 0.0814. The minimum absolute atomic E-state index is 0.0814. The van der Waals surface area contributed by atoms with Gasteiger partial charge in [0.05, 0.1) is 12.8 Å². The molecule has 1 aliphatic rings. The van der Waals surface area contributed by atoms with Gasteiger partial charge in [0.2, 0.25) is 0 Å². The third-order valence-corrected chi connectivity index (χ3v) is 4.37. The van der Waals surface area contributed by atoms with Crippen molar-refractivity contribution < 1.29 is 4.74 Å². The summed E-state index contributed by atoms with van der Waals surface area (Å²) in [6, 6.07) is 2.13. The summed E-state index contributed by atoms with van der Waals surface area (Å²) in [5, 5.41) is 0. The molecule has 0 amide bonds. The molecule has 0 spiro atoms. The summed E-state index contributed by atoms with van der Waals surface area (Å²) in [5.74, 6) is 0.828. The number of rotatable bonds is 5. The SMILES string of the molecule is CCOc1cncc(C(N)C2(CC)CCCC2)c1. The highest BCUT2D eigenvalue weighted by Gasteiger charge is 2.38. The first-order chi connectivity index (χ1) is 8.72. The van der Waals surface area contributed by atoms with E-state index in [4.69, 9.17) is 10.5 Å². The van der Waals surface area contributed by atoms with Crippen LogP contribution in [0.15, 0.2) is 18.5 Å². The molecular formula is C15H24N2O. The number of hydrogen-bond donors (Lipinski definition) is 1. The van der Waals surface area contributed by atoms with Gasteiger partial charge in [-0.3, -0.25) is 4.98 Å². The van der Waals surface area contributed by atoms with E-state index in [2.05, 4.69) is 18.0 Å². The van der Waals surface area contributed by atoms with E-state index in [0.717, 1.165) is 17.7 Å². The van der Waals surface area contributed by atoms with Crippen molar-refractivity contribution in [2.45, 2.75) is 52.0 Å². The molecular weight excluding hydrogens is 224 g/mol. The van der Waals surface area contributed by atoms with Gasteiger partial charge in [0, 0.05) is 12.2 Å². The lowest BCUT2D eigenvalue weighted by Crippen LogP contribution is -2.31. The van der Waals surface area contributed by atoms with Gasteiger partial charge in [0.25, 0.3) is 0 Å². The Hall–Kier alpha value is -1.09. The molecule has 0 radical (unpaired) electrons. The maximum atomic E-state index is 6.52. The van der Waals surface area contributed by atoms with Crippen LogP contribution in [0.25, 0.3) is 0 Å².